The molecule has 1 aliphatic heterocycles. The van der Waals surface area contributed by atoms with Crippen LogP contribution in [0.25, 0.3) is 0 Å². The van der Waals surface area contributed by atoms with Gasteiger partial charge < -0.3 is 13.9 Å². The Bertz CT molecular complexity index is 804. The van der Waals surface area contributed by atoms with Crippen molar-refractivity contribution in [3.63, 3.8) is 0 Å². The summed E-state index contributed by atoms with van der Waals surface area (Å²) in [5.74, 6) is 0.893. The minimum atomic E-state index is -0.0717. The third-order valence-electron chi connectivity index (χ3n) is 4.29. The number of rotatable bonds is 3. The van der Waals surface area contributed by atoms with E-state index in [0.717, 1.165) is 18.1 Å². The minimum absolute atomic E-state index is 0.0193. The molecule has 0 fully saturated rings. The molecule has 4 heterocycles. The number of nitrogens with zero attached hydrogens (tertiary/aromatic N) is 5. The van der Waals surface area contributed by atoms with Crippen molar-refractivity contribution in [1.29, 1.82) is 0 Å². The van der Waals surface area contributed by atoms with Gasteiger partial charge in [-0.3, -0.25) is 9.48 Å². The van der Waals surface area contributed by atoms with Gasteiger partial charge in [-0.15, -0.1) is 0 Å². The van der Waals surface area contributed by atoms with Crippen LogP contribution in [0.5, 0.6) is 0 Å². The van der Waals surface area contributed by atoms with Gasteiger partial charge in [0.1, 0.15) is 12.1 Å². The van der Waals surface area contributed by atoms with Gasteiger partial charge in [0.25, 0.3) is 5.91 Å². The van der Waals surface area contributed by atoms with Crippen LogP contribution < -0.4 is 0 Å². The van der Waals surface area contributed by atoms with Crippen molar-refractivity contribution >= 4 is 5.91 Å². The first-order valence-electron chi connectivity index (χ1n) is 7.59. The topological polar surface area (TPSA) is 69.1 Å². The van der Waals surface area contributed by atoms with Gasteiger partial charge in [-0.05, 0) is 19.1 Å². The Hall–Kier alpha value is -2.83. The number of carbonyl (C=O) groups excluding carboxylic acids is 1. The molecule has 0 unspecified atom stereocenters. The van der Waals surface area contributed by atoms with Crippen LogP contribution in [0.15, 0.2) is 47.7 Å². The summed E-state index contributed by atoms with van der Waals surface area (Å²) in [4.78, 5) is 18.9. The molecule has 0 radical (unpaired) electrons. The van der Waals surface area contributed by atoms with Crippen LogP contribution in [0.4, 0.5) is 0 Å². The summed E-state index contributed by atoms with van der Waals surface area (Å²) in [6.07, 6.45) is 8.58. The average molecular weight is 311 g/mol. The van der Waals surface area contributed by atoms with Crippen molar-refractivity contribution in [1.82, 2.24) is 24.2 Å². The highest BCUT2D eigenvalue weighted by Crippen LogP contribution is 2.27. The lowest BCUT2D eigenvalue weighted by Gasteiger charge is -2.34. The van der Waals surface area contributed by atoms with Gasteiger partial charge in [0.2, 0.25) is 0 Å². The van der Waals surface area contributed by atoms with Crippen molar-refractivity contribution in [2.45, 2.75) is 26.1 Å². The van der Waals surface area contributed by atoms with Gasteiger partial charge in [-0.25, -0.2) is 4.98 Å². The first-order chi connectivity index (χ1) is 11.2. The summed E-state index contributed by atoms with van der Waals surface area (Å²) in [5.41, 5.74) is 1.68. The SMILES string of the molecule is C[C@H]1c2ncc(Cn3cccn3)n2CCN1C(=O)c1ccoc1. The first-order valence-corrected chi connectivity index (χ1v) is 7.59. The molecule has 0 N–H and O–H groups in total. The fourth-order valence-electron chi connectivity index (χ4n) is 3.08. The maximum atomic E-state index is 12.6. The minimum Gasteiger partial charge on any atom is -0.472 e. The molecule has 3 aromatic heterocycles. The number of aromatic nitrogens is 4. The second-order valence-corrected chi connectivity index (χ2v) is 5.65. The fraction of sp³-hybridized carbons (Fsp3) is 0.312. The third kappa shape index (κ3) is 2.34. The van der Waals surface area contributed by atoms with E-state index in [0.29, 0.717) is 18.7 Å². The van der Waals surface area contributed by atoms with Crippen LogP contribution in [0, 0.1) is 0 Å². The Morgan fingerprint density at radius 2 is 2.35 bits per heavy atom. The molecule has 3 aromatic rings. The van der Waals surface area contributed by atoms with Crippen molar-refractivity contribution in [2.75, 3.05) is 6.54 Å². The van der Waals surface area contributed by atoms with E-state index in [-0.39, 0.29) is 11.9 Å². The van der Waals surface area contributed by atoms with E-state index in [1.165, 1.54) is 12.5 Å². The van der Waals surface area contributed by atoms with E-state index >= 15 is 0 Å². The van der Waals surface area contributed by atoms with Crippen LogP contribution in [0.3, 0.4) is 0 Å². The van der Waals surface area contributed by atoms with E-state index in [9.17, 15) is 4.79 Å². The van der Waals surface area contributed by atoms with E-state index < -0.39 is 0 Å². The van der Waals surface area contributed by atoms with E-state index in [2.05, 4.69) is 14.6 Å². The molecule has 0 saturated heterocycles. The summed E-state index contributed by atoms with van der Waals surface area (Å²) in [7, 11) is 0. The Labute approximate surface area is 133 Å². The Balaban J connectivity index is 1.59. The van der Waals surface area contributed by atoms with E-state index in [1.807, 2.05) is 35.0 Å². The standard InChI is InChI=1S/C16H17N5O2/c1-12-15-17-9-14(10-19-5-2-4-18-19)21(15)7-6-20(12)16(22)13-3-8-23-11-13/h2-5,8-9,11-12H,6-7,10H2,1H3/t12-/m0/s1. The molecule has 0 aliphatic carbocycles. The summed E-state index contributed by atoms with van der Waals surface area (Å²) < 4.78 is 9.07. The summed E-state index contributed by atoms with van der Waals surface area (Å²) in [5, 5.41) is 4.24. The highest BCUT2D eigenvalue weighted by atomic mass is 16.3. The van der Waals surface area contributed by atoms with Crippen LogP contribution in [0.1, 0.15) is 34.8 Å². The largest absolute Gasteiger partial charge is 0.472 e. The summed E-state index contributed by atoms with van der Waals surface area (Å²) in [6, 6.07) is 3.53. The molecule has 7 heteroatoms. The average Bonchev–Trinajstić information content (AvgIpc) is 3.30. The molecule has 23 heavy (non-hydrogen) atoms. The Morgan fingerprint density at radius 3 is 3.09 bits per heavy atom. The van der Waals surface area contributed by atoms with Crippen LogP contribution in [0.2, 0.25) is 0 Å². The zero-order chi connectivity index (χ0) is 15.8. The lowest BCUT2D eigenvalue weighted by Crippen LogP contribution is -2.41. The lowest BCUT2D eigenvalue weighted by molar-refractivity contribution is 0.0635. The molecular weight excluding hydrogens is 294 g/mol. The molecular formula is C16H17N5O2. The van der Waals surface area contributed by atoms with Gasteiger partial charge in [0, 0.05) is 25.5 Å². The number of hydrogen-bond acceptors (Lipinski definition) is 4. The fourth-order valence-corrected chi connectivity index (χ4v) is 3.08. The second-order valence-electron chi connectivity index (χ2n) is 5.65. The van der Waals surface area contributed by atoms with Gasteiger partial charge in [-0.2, -0.15) is 5.10 Å². The normalized spacial score (nSPS) is 17.3. The molecule has 0 saturated carbocycles. The molecule has 1 aliphatic rings. The van der Waals surface area contributed by atoms with E-state index in [1.54, 1.807) is 12.3 Å². The number of hydrogen-bond donors (Lipinski definition) is 0. The van der Waals surface area contributed by atoms with Crippen molar-refractivity contribution in [3.8, 4) is 0 Å². The van der Waals surface area contributed by atoms with Crippen molar-refractivity contribution in [3.05, 3.63) is 60.3 Å². The monoisotopic (exact) mass is 311 g/mol. The molecule has 1 amide bonds. The van der Waals surface area contributed by atoms with Crippen LogP contribution >= 0.6 is 0 Å². The highest BCUT2D eigenvalue weighted by molar-refractivity contribution is 5.94. The Kier molecular flexibility index (Phi) is 3.25. The highest BCUT2D eigenvalue weighted by Gasteiger charge is 2.31. The maximum Gasteiger partial charge on any atom is 0.257 e. The third-order valence-corrected chi connectivity index (χ3v) is 4.29. The number of imidazole rings is 1. The molecule has 0 spiro atoms. The predicted octanol–water partition coefficient (Wildman–Crippen LogP) is 1.94. The van der Waals surface area contributed by atoms with Crippen LogP contribution in [-0.4, -0.2) is 36.7 Å². The number of fused-ring (bicyclic) bond motifs is 1. The molecule has 1 atom stereocenters. The molecule has 0 aromatic carbocycles. The Morgan fingerprint density at radius 1 is 1.43 bits per heavy atom. The quantitative estimate of drug-likeness (QED) is 0.741. The zero-order valence-corrected chi connectivity index (χ0v) is 12.8. The van der Waals surface area contributed by atoms with Gasteiger partial charge in [-0.1, -0.05) is 0 Å². The molecule has 7 nitrogen and oxygen atoms in total. The summed E-state index contributed by atoms with van der Waals surface area (Å²) >= 11 is 0. The first kappa shape index (κ1) is 13.8. The number of amides is 1. The predicted molar refractivity (Wildman–Crippen MR) is 81.7 cm³/mol. The van der Waals surface area contributed by atoms with Crippen molar-refractivity contribution < 1.29 is 9.21 Å². The smallest absolute Gasteiger partial charge is 0.257 e. The second kappa shape index (κ2) is 5.42. The van der Waals surface area contributed by atoms with Crippen LogP contribution in [-0.2, 0) is 13.1 Å². The number of furan rings is 1. The molecule has 4 rings (SSSR count). The zero-order valence-electron chi connectivity index (χ0n) is 12.8. The maximum absolute atomic E-state index is 12.6. The number of carbonyl (C=O) groups is 1. The van der Waals surface area contributed by atoms with Crippen molar-refractivity contribution in [2.24, 2.45) is 0 Å². The summed E-state index contributed by atoms with van der Waals surface area (Å²) in [6.45, 7) is 4.08. The van der Waals surface area contributed by atoms with Gasteiger partial charge in [0.15, 0.2) is 0 Å². The van der Waals surface area contributed by atoms with Gasteiger partial charge >= 0.3 is 0 Å². The lowest BCUT2D eigenvalue weighted by atomic mass is 10.1. The molecule has 118 valence electrons. The van der Waals surface area contributed by atoms with Gasteiger partial charge in [0.05, 0.1) is 36.3 Å². The van der Waals surface area contributed by atoms with E-state index in [4.69, 9.17) is 4.42 Å². The molecule has 0 bridgehead atoms.